The molecule has 0 atom stereocenters. The predicted octanol–water partition coefficient (Wildman–Crippen LogP) is 5.25. The van der Waals surface area contributed by atoms with Crippen molar-refractivity contribution in [3.05, 3.63) is 89.0 Å². The molecule has 6 nitrogen and oxygen atoms in total. The van der Waals surface area contributed by atoms with E-state index >= 15 is 0 Å². The molecule has 1 aliphatic rings. The van der Waals surface area contributed by atoms with Crippen LogP contribution in [0.5, 0.6) is 0 Å². The van der Waals surface area contributed by atoms with Crippen LogP contribution >= 0.6 is 0 Å². The van der Waals surface area contributed by atoms with Crippen LogP contribution in [0.4, 0.5) is 23.7 Å². The van der Waals surface area contributed by atoms with Crippen molar-refractivity contribution >= 4 is 17.6 Å². The zero-order valence-corrected chi connectivity index (χ0v) is 20.7. The largest absolute Gasteiger partial charge is 0.416 e. The number of anilines is 1. The first kappa shape index (κ1) is 26.2. The minimum Gasteiger partial charge on any atom is -0.337 e. The third kappa shape index (κ3) is 6.48. The summed E-state index contributed by atoms with van der Waals surface area (Å²) in [6.45, 7) is 2.92. The van der Waals surface area contributed by atoms with Crippen molar-refractivity contribution in [2.24, 2.45) is 0 Å². The topological polar surface area (TPSA) is 64.7 Å². The van der Waals surface area contributed by atoms with Crippen LogP contribution < -0.4 is 10.6 Å². The molecule has 3 aromatic rings. The summed E-state index contributed by atoms with van der Waals surface area (Å²) in [5.74, 6) is -0.329. The number of hydrogen-bond donors (Lipinski definition) is 2. The summed E-state index contributed by atoms with van der Waals surface area (Å²) in [4.78, 5) is 28.6. The van der Waals surface area contributed by atoms with Crippen molar-refractivity contribution in [1.29, 1.82) is 0 Å². The number of hydrogen-bond acceptors (Lipinski definition) is 3. The summed E-state index contributed by atoms with van der Waals surface area (Å²) in [5, 5.41) is 5.81. The van der Waals surface area contributed by atoms with Crippen molar-refractivity contribution in [2.75, 3.05) is 39.0 Å². The van der Waals surface area contributed by atoms with Crippen molar-refractivity contribution in [2.45, 2.75) is 19.1 Å². The second-order valence-corrected chi connectivity index (χ2v) is 9.21. The normalized spacial score (nSPS) is 13.5. The monoisotopic (exact) mass is 510 g/mol. The van der Waals surface area contributed by atoms with Gasteiger partial charge in [-0.2, -0.15) is 13.2 Å². The molecule has 0 aliphatic carbocycles. The van der Waals surface area contributed by atoms with Crippen LogP contribution in [0.25, 0.3) is 11.1 Å². The zero-order valence-electron chi connectivity index (χ0n) is 20.7. The molecule has 1 aliphatic heterocycles. The fraction of sp³-hybridized carbons (Fsp3) is 0.286. The molecule has 1 heterocycles. The first-order valence-corrected chi connectivity index (χ1v) is 12.0. The number of carbonyl (C=O) groups is 2. The van der Waals surface area contributed by atoms with Crippen LogP contribution in [0, 0.1) is 0 Å². The number of fused-ring (bicyclic) bond motifs is 1. The average molecular weight is 511 g/mol. The third-order valence-electron chi connectivity index (χ3n) is 6.36. The standard InChI is InChI=1S/C28H29F3N4O2/c1-34(2)27(37)32-14-16-35-15-13-20-17-23(12-9-21(20)18-35)33-26(36)25-6-4-3-5-24(25)19-7-10-22(11-8-19)28(29,30)31/h3-12,17H,13-16,18H2,1-2H3,(H,32,37)(H,33,36). The van der Waals surface area contributed by atoms with Crippen LogP contribution in [-0.2, 0) is 19.1 Å². The molecule has 3 amide bonds. The number of carbonyl (C=O) groups excluding carboxylic acids is 2. The lowest BCUT2D eigenvalue weighted by Crippen LogP contribution is -2.41. The summed E-state index contributed by atoms with van der Waals surface area (Å²) in [6.07, 6.45) is -3.59. The highest BCUT2D eigenvalue weighted by molar-refractivity contribution is 6.08. The molecule has 0 unspecified atom stereocenters. The molecular formula is C28H29F3N4O2. The van der Waals surface area contributed by atoms with Gasteiger partial charge in [-0.25, -0.2) is 4.79 Å². The molecule has 194 valence electrons. The third-order valence-corrected chi connectivity index (χ3v) is 6.36. The van der Waals surface area contributed by atoms with Gasteiger partial charge < -0.3 is 15.5 Å². The minimum atomic E-state index is -4.42. The van der Waals surface area contributed by atoms with Crippen LogP contribution in [0.3, 0.4) is 0 Å². The number of rotatable bonds is 6. The minimum absolute atomic E-state index is 0.113. The lowest BCUT2D eigenvalue weighted by Gasteiger charge is -2.29. The molecule has 0 fully saturated rings. The van der Waals surface area contributed by atoms with E-state index in [9.17, 15) is 22.8 Å². The van der Waals surface area contributed by atoms with Gasteiger partial charge in [-0.3, -0.25) is 9.69 Å². The maximum Gasteiger partial charge on any atom is 0.416 e. The molecule has 9 heteroatoms. The molecule has 0 saturated heterocycles. The lowest BCUT2D eigenvalue weighted by molar-refractivity contribution is -0.137. The SMILES string of the molecule is CN(C)C(=O)NCCN1CCc2cc(NC(=O)c3ccccc3-c3ccc(C(F)(F)F)cc3)ccc2C1. The van der Waals surface area contributed by atoms with E-state index in [-0.39, 0.29) is 11.9 Å². The Hall–Kier alpha value is -3.85. The molecule has 0 spiro atoms. The number of benzene rings is 3. The summed E-state index contributed by atoms with van der Waals surface area (Å²) in [7, 11) is 3.41. The summed E-state index contributed by atoms with van der Waals surface area (Å²) in [6, 6.07) is 17.4. The molecule has 3 aromatic carbocycles. The molecule has 0 aromatic heterocycles. The predicted molar refractivity (Wildman–Crippen MR) is 137 cm³/mol. The van der Waals surface area contributed by atoms with Gasteiger partial charge >= 0.3 is 12.2 Å². The maximum atomic E-state index is 13.1. The average Bonchev–Trinajstić information content (AvgIpc) is 2.88. The molecule has 0 saturated carbocycles. The van der Waals surface area contributed by atoms with Crippen LogP contribution in [-0.4, -0.2) is 55.5 Å². The van der Waals surface area contributed by atoms with Gasteiger partial charge in [-0.05, 0) is 59.0 Å². The Kier molecular flexibility index (Phi) is 7.83. The quantitative estimate of drug-likeness (QED) is 0.476. The molecule has 4 rings (SSSR count). The van der Waals surface area contributed by atoms with Crippen molar-refractivity contribution in [1.82, 2.24) is 15.1 Å². The maximum absolute atomic E-state index is 13.1. The van der Waals surface area contributed by atoms with Gasteiger partial charge in [0.15, 0.2) is 0 Å². The summed E-state index contributed by atoms with van der Waals surface area (Å²) < 4.78 is 38.8. The first-order valence-electron chi connectivity index (χ1n) is 12.0. The van der Waals surface area contributed by atoms with E-state index in [1.807, 2.05) is 18.2 Å². The fourth-order valence-electron chi connectivity index (χ4n) is 4.33. The van der Waals surface area contributed by atoms with Gasteiger partial charge in [0.25, 0.3) is 5.91 Å². The number of nitrogens with zero attached hydrogens (tertiary/aromatic N) is 2. The zero-order chi connectivity index (χ0) is 26.6. The fourth-order valence-corrected chi connectivity index (χ4v) is 4.33. The van der Waals surface area contributed by atoms with Crippen molar-refractivity contribution < 1.29 is 22.8 Å². The Balaban J connectivity index is 1.42. The van der Waals surface area contributed by atoms with Crippen LogP contribution in [0.1, 0.15) is 27.0 Å². The Bertz CT molecular complexity index is 1270. The molecular weight excluding hydrogens is 481 g/mol. The lowest BCUT2D eigenvalue weighted by atomic mass is 9.97. The highest BCUT2D eigenvalue weighted by Gasteiger charge is 2.30. The second kappa shape index (κ2) is 11.0. The van der Waals surface area contributed by atoms with Crippen molar-refractivity contribution in [3.8, 4) is 11.1 Å². The van der Waals surface area contributed by atoms with Gasteiger partial charge in [-0.1, -0.05) is 36.4 Å². The smallest absolute Gasteiger partial charge is 0.337 e. The van der Waals surface area contributed by atoms with E-state index in [1.54, 1.807) is 38.4 Å². The second-order valence-electron chi connectivity index (χ2n) is 9.21. The van der Waals surface area contributed by atoms with E-state index in [0.717, 1.165) is 43.8 Å². The van der Waals surface area contributed by atoms with Crippen molar-refractivity contribution in [3.63, 3.8) is 0 Å². The highest BCUT2D eigenvalue weighted by Crippen LogP contribution is 2.32. The number of urea groups is 1. The summed E-state index contributed by atoms with van der Waals surface area (Å²) in [5.41, 5.74) is 3.73. The van der Waals surface area contributed by atoms with E-state index in [0.29, 0.717) is 28.9 Å². The van der Waals surface area contributed by atoms with Gasteiger partial charge in [0.05, 0.1) is 5.56 Å². The van der Waals surface area contributed by atoms with E-state index < -0.39 is 11.7 Å². The van der Waals surface area contributed by atoms with Gasteiger partial charge in [0, 0.05) is 51.5 Å². The van der Waals surface area contributed by atoms with E-state index in [1.165, 1.54) is 22.6 Å². The Labute approximate surface area is 214 Å². The van der Waals surface area contributed by atoms with Gasteiger partial charge in [0.2, 0.25) is 0 Å². The molecule has 2 N–H and O–H groups in total. The number of alkyl halides is 3. The van der Waals surface area contributed by atoms with E-state index in [4.69, 9.17) is 0 Å². The molecule has 0 radical (unpaired) electrons. The van der Waals surface area contributed by atoms with Gasteiger partial charge in [0.1, 0.15) is 0 Å². The number of nitrogens with one attached hydrogen (secondary N) is 2. The Morgan fingerprint density at radius 3 is 2.41 bits per heavy atom. The molecule has 37 heavy (non-hydrogen) atoms. The highest BCUT2D eigenvalue weighted by atomic mass is 19.4. The van der Waals surface area contributed by atoms with Crippen LogP contribution in [0.15, 0.2) is 66.7 Å². The first-order chi connectivity index (χ1) is 17.6. The Morgan fingerprint density at radius 1 is 0.973 bits per heavy atom. The molecule has 0 bridgehead atoms. The van der Waals surface area contributed by atoms with Crippen LogP contribution in [0.2, 0.25) is 0 Å². The Morgan fingerprint density at radius 2 is 1.70 bits per heavy atom. The van der Waals surface area contributed by atoms with E-state index in [2.05, 4.69) is 15.5 Å². The van der Waals surface area contributed by atoms with Gasteiger partial charge in [-0.15, -0.1) is 0 Å². The number of amides is 3. The number of halogens is 3. The summed E-state index contributed by atoms with van der Waals surface area (Å²) >= 11 is 0.